The second-order valence-corrected chi connectivity index (χ2v) is 7.82. The Balaban J connectivity index is 0.000000522. The van der Waals surface area contributed by atoms with Gasteiger partial charge in [0.25, 0.3) is 0 Å². The van der Waals surface area contributed by atoms with Crippen LogP contribution in [-0.2, 0) is 27.4 Å². The number of amides is 1. The summed E-state index contributed by atoms with van der Waals surface area (Å²) in [5, 5.41) is 16.7. The third-order valence-electron chi connectivity index (χ3n) is 4.44. The Labute approximate surface area is 231 Å². The van der Waals surface area contributed by atoms with Gasteiger partial charge in [0.1, 0.15) is 24.0 Å². The van der Waals surface area contributed by atoms with Crippen molar-refractivity contribution >= 4 is 23.5 Å². The number of ether oxygens (including phenoxy) is 1. The van der Waals surface area contributed by atoms with Gasteiger partial charge < -0.3 is 26.0 Å². The molecule has 0 saturated carbocycles. The van der Waals surface area contributed by atoms with Gasteiger partial charge in [-0.2, -0.15) is 26.3 Å². The number of benzene rings is 2. The molecule has 17 heteroatoms. The number of nitrogens with two attached hydrogens (primary N) is 1. The number of anilines is 1. The van der Waals surface area contributed by atoms with Gasteiger partial charge in [-0.25, -0.2) is 18.4 Å². The fourth-order valence-electron chi connectivity index (χ4n) is 2.57. The van der Waals surface area contributed by atoms with Crippen molar-refractivity contribution < 1.29 is 64.5 Å². The lowest BCUT2D eigenvalue weighted by Crippen LogP contribution is -2.37. The van der Waals surface area contributed by atoms with Crippen LogP contribution in [0.1, 0.15) is 11.3 Å². The number of halogens is 8. The summed E-state index contributed by atoms with van der Waals surface area (Å²) in [4.78, 5) is 34.1. The fourth-order valence-corrected chi connectivity index (χ4v) is 2.57. The lowest BCUT2D eigenvalue weighted by molar-refractivity contribution is -0.193. The van der Waals surface area contributed by atoms with Gasteiger partial charge in [-0.15, -0.1) is 0 Å². The van der Waals surface area contributed by atoms with E-state index in [-0.39, 0.29) is 12.1 Å². The SMILES string of the molecule is N[C@@H](Cc1ccc(OCc2ccccn2)cc1)C(=O)Nc1cc(F)cc(F)c1.O=C(O)C(F)(F)F.O=C(O)C(F)(F)F. The zero-order chi connectivity index (χ0) is 32.1. The number of hydrogen-bond donors (Lipinski definition) is 4. The second kappa shape index (κ2) is 15.8. The van der Waals surface area contributed by atoms with Gasteiger partial charge >= 0.3 is 24.3 Å². The number of carboxylic acids is 2. The van der Waals surface area contributed by atoms with Crippen molar-refractivity contribution in [1.29, 1.82) is 0 Å². The molecule has 228 valence electrons. The highest BCUT2D eigenvalue weighted by Crippen LogP contribution is 2.17. The molecule has 0 aliphatic rings. The topological polar surface area (TPSA) is 152 Å². The quantitative estimate of drug-likeness (QED) is 0.281. The monoisotopic (exact) mass is 611 g/mol. The van der Waals surface area contributed by atoms with Crippen LogP contribution in [0.4, 0.5) is 40.8 Å². The molecule has 2 aromatic carbocycles. The van der Waals surface area contributed by atoms with Crippen molar-refractivity contribution in [3.63, 3.8) is 0 Å². The number of pyridine rings is 1. The summed E-state index contributed by atoms with van der Waals surface area (Å²) in [5.41, 5.74) is 7.58. The van der Waals surface area contributed by atoms with Gasteiger partial charge in [-0.05, 0) is 48.4 Å². The Hall–Kier alpha value is -4.80. The van der Waals surface area contributed by atoms with Crippen LogP contribution >= 0.6 is 0 Å². The Bertz CT molecular complexity index is 1280. The number of alkyl halides is 6. The molecule has 0 aliphatic heterocycles. The van der Waals surface area contributed by atoms with Crippen LogP contribution in [0.25, 0.3) is 0 Å². The number of nitrogens with one attached hydrogen (secondary N) is 1. The average molecular weight is 611 g/mol. The normalized spacial score (nSPS) is 11.5. The van der Waals surface area contributed by atoms with Gasteiger partial charge in [-0.3, -0.25) is 9.78 Å². The van der Waals surface area contributed by atoms with E-state index >= 15 is 0 Å². The van der Waals surface area contributed by atoms with E-state index in [1.807, 2.05) is 30.3 Å². The lowest BCUT2D eigenvalue weighted by atomic mass is 10.1. The highest BCUT2D eigenvalue weighted by Gasteiger charge is 2.38. The minimum Gasteiger partial charge on any atom is -0.487 e. The summed E-state index contributed by atoms with van der Waals surface area (Å²) in [6.07, 6.45) is -8.20. The van der Waals surface area contributed by atoms with Crippen LogP contribution in [0, 0.1) is 11.6 Å². The Kier molecular flexibility index (Phi) is 13.3. The second-order valence-electron chi connectivity index (χ2n) is 7.82. The predicted octanol–water partition coefficient (Wildman–Crippen LogP) is 4.71. The fraction of sp³-hybridized carbons (Fsp3) is 0.200. The standard InChI is InChI=1S/C21H19F2N3O2.2C2HF3O2/c22-15-10-16(23)12-18(11-15)26-21(27)20(24)9-14-4-6-19(7-5-14)28-13-17-3-1-2-8-25-17;2*3-2(4,5)1(6)7/h1-8,10-12,20H,9,13,24H2,(H,26,27);2*(H,6,7)/t20-;;/m0../s1. The molecular weight excluding hydrogens is 590 g/mol. The van der Waals surface area contributed by atoms with Crippen LogP contribution < -0.4 is 15.8 Å². The first-order valence-corrected chi connectivity index (χ1v) is 11.1. The van der Waals surface area contributed by atoms with Crippen molar-refractivity contribution in [2.45, 2.75) is 31.4 Å². The Morgan fingerprint density at radius 3 is 1.79 bits per heavy atom. The molecule has 1 atom stereocenters. The number of carbonyl (C=O) groups is 3. The molecule has 3 rings (SSSR count). The molecule has 1 heterocycles. The maximum absolute atomic E-state index is 13.2. The summed E-state index contributed by atoms with van der Waals surface area (Å²) >= 11 is 0. The van der Waals surface area contributed by atoms with E-state index in [1.165, 1.54) is 0 Å². The molecular formula is C25H21F8N3O6. The summed E-state index contributed by atoms with van der Waals surface area (Å²) in [5.74, 6) is -6.92. The van der Waals surface area contributed by atoms with Crippen molar-refractivity contribution in [1.82, 2.24) is 4.98 Å². The molecule has 5 N–H and O–H groups in total. The molecule has 0 saturated heterocycles. The van der Waals surface area contributed by atoms with Gasteiger partial charge in [0.15, 0.2) is 0 Å². The lowest BCUT2D eigenvalue weighted by Gasteiger charge is -2.13. The molecule has 0 unspecified atom stereocenters. The van der Waals surface area contributed by atoms with Crippen molar-refractivity contribution in [2.24, 2.45) is 5.73 Å². The molecule has 0 aliphatic carbocycles. The number of aliphatic carboxylic acids is 2. The largest absolute Gasteiger partial charge is 0.490 e. The zero-order valence-corrected chi connectivity index (χ0v) is 20.9. The van der Waals surface area contributed by atoms with Crippen molar-refractivity contribution in [2.75, 3.05) is 5.32 Å². The van der Waals surface area contributed by atoms with E-state index in [4.69, 9.17) is 30.3 Å². The van der Waals surface area contributed by atoms with Crippen molar-refractivity contribution in [3.8, 4) is 5.75 Å². The molecule has 1 aromatic heterocycles. The van der Waals surface area contributed by atoms with Gasteiger partial charge in [0.05, 0.1) is 11.7 Å². The number of aromatic nitrogens is 1. The Morgan fingerprint density at radius 2 is 1.36 bits per heavy atom. The number of carboxylic acid groups (broad SMARTS) is 2. The minimum atomic E-state index is -5.08. The van der Waals surface area contributed by atoms with Crippen LogP contribution in [-0.4, -0.2) is 51.4 Å². The van der Waals surface area contributed by atoms with E-state index < -0.39 is 47.9 Å². The highest BCUT2D eigenvalue weighted by atomic mass is 19.4. The molecule has 0 spiro atoms. The number of nitrogens with zero attached hydrogens (tertiary/aromatic N) is 1. The first-order valence-electron chi connectivity index (χ1n) is 11.1. The number of carbonyl (C=O) groups excluding carboxylic acids is 1. The number of hydrogen-bond acceptors (Lipinski definition) is 6. The summed E-state index contributed by atoms with van der Waals surface area (Å²) in [6, 6.07) is 14.7. The average Bonchev–Trinajstić information content (AvgIpc) is 2.88. The van der Waals surface area contributed by atoms with Gasteiger partial charge in [0.2, 0.25) is 5.91 Å². The van der Waals surface area contributed by atoms with Crippen molar-refractivity contribution in [3.05, 3.63) is 89.8 Å². The van der Waals surface area contributed by atoms with E-state index in [1.54, 1.807) is 18.3 Å². The van der Waals surface area contributed by atoms with E-state index in [0.717, 1.165) is 29.5 Å². The smallest absolute Gasteiger partial charge is 0.487 e. The molecule has 0 radical (unpaired) electrons. The summed E-state index contributed by atoms with van der Waals surface area (Å²) in [7, 11) is 0. The van der Waals surface area contributed by atoms with Gasteiger partial charge in [0, 0.05) is 18.0 Å². The molecule has 0 fully saturated rings. The third-order valence-corrected chi connectivity index (χ3v) is 4.44. The maximum atomic E-state index is 13.2. The minimum absolute atomic E-state index is 0.0243. The molecule has 42 heavy (non-hydrogen) atoms. The zero-order valence-electron chi connectivity index (χ0n) is 20.9. The maximum Gasteiger partial charge on any atom is 0.490 e. The third kappa shape index (κ3) is 14.0. The predicted molar refractivity (Wildman–Crippen MR) is 129 cm³/mol. The van der Waals surface area contributed by atoms with E-state index in [9.17, 15) is 39.9 Å². The van der Waals surface area contributed by atoms with E-state index in [2.05, 4.69) is 10.3 Å². The molecule has 0 bridgehead atoms. The van der Waals surface area contributed by atoms with E-state index in [0.29, 0.717) is 12.4 Å². The first kappa shape index (κ1) is 35.2. The summed E-state index contributed by atoms with van der Waals surface area (Å²) < 4.78 is 95.5. The van der Waals surface area contributed by atoms with Crippen LogP contribution in [0.3, 0.4) is 0 Å². The van der Waals surface area contributed by atoms with Crippen LogP contribution in [0.15, 0.2) is 66.9 Å². The molecule has 9 nitrogen and oxygen atoms in total. The Morgan fingerprint density at radius 1 is 0.857 bits per heavy atom. The molecule has 3 aromatic rings. The molecule has 1 amide bonds. The first-order chi connectivity index (χ1) is 19.4. The van der Waals surface area contributed by atoms with Gasteiger partial charge in [-0.1, -0.05) is 18.2 Å². The highest BCUT2D eigenvalue weighted by molar-refractivity contribution is 5.94. The van der Waals surface area contributed by atoms with Crippen LogP contribution in [0.5, 0.6) is 5.75 Å². The number of rotatable bonds is 7. The van der Waals surface area contributed by atoms with Crippen LogP contribution in [0.2, 0.25) is 0 Å². The summed E-state index contributed by atoms with van der Waals surface area (Å²) in [6.45, 7) is 0.353.